The Hall–Kier alpha value is -3.16. The molecule has 6 nitrogen and oxygen atoms in total. The van der Waals surface area contributed by atoms with E-state index < -0.39 is 24.6 Å². The number of para-hydroxylation sites is 1. The average molecular weight is 377 g/mol. The fourth-order valence-electron chi connectivity index (χ4n) is 2.30. The van der Waals surface area contributed by atoms with Crippen molar-refractivity contribution in [3.8, 4) is 5.75 Å². The molecule has 0 aliphatic carbocycles. The molecule has 0 saturated carbocycles. The van der Waals surface area contributed by atoms with Crippen molar-refractivity contribution in [3.05, 3.63) is 54.6 Å². The summed E-state index contributed by atoms with van der Waals surface area (Å²) in [6, 6.07) is 13.1. The molecule has 27 heavy (non-hydrogen) atoms. The normalized spacial score (nSPS) is 11.8. The lowest BCUT2D eigenvalue weighted by molar-refractivity contribution is -0.118. The second-order valence-electron chi connectivity index (χ2n) is 6.08. The van der Waals surface area contributed by atoms with Gasteiger partial charge in [-0.05, 0) is 42.3 Å². The maximum Gasteiger partial charge on any atom is 0.387 e. The number of nitrogens with one attached hydrogen (secondary N) is 3. The highest BCUT2D eigenvalue weighted by Crippen LogP contribution is 2.18. The summed E-state index contributed by atoms with van der Waals surface area (Å²) >= 11 is 0. The zero-order chi connectivity index (χ0) is 19.8. The van der Waals surface area contributed by atoms with Gasteiger partial charge in [-0.3, -0.25) is 4.79 Å². The summed E-state index contributed by atoms with van der Waals surface area (Å²) in [7, 11) is 0. The van der Waals surface area contributed by atoms with Crippen LogP contribution in [0.5, 0.6) is 5.75 Å². The van der Waals surface area contributed by atoms with Crippen LogP contribution in [-0.4, -0.2) is 24.6 Å². The summed E-state index contributed by atoms with van der Waals surface area (Å²) in [6.45, 7) is 0.683. The minimum Gasteiger partial charge on any atom is -0.435 e. The SMILES string of the molecule is CC(C)C(NC(=O)Nc1ccccc1)C(=O)Nc1ccc(OC(F)F)cc1. The van der Waals surface area contributed by atoms with E-state index in [1.54, 1.807) is 38.1 Å². The number of amides is 3. The molecule has 0 aliphatic heterocycles. The predicted molar refractivity (Wildman–Crippen MR) is 98.9 cm³/mol. The lowest BCUT2D eigenvalue weighted by Crippen LogP contribution is -2.48. The first kappa shape index (κ1) is 20.2. The molecular weight excluding hydrogens is 356 g/mol. The molecule has 1 atom stereocenters. The van der Waals surface area contributed by atoms with E-state index in [2.05, 4.69) is 20.7 Å². The number of carbonyl (C=O) groups is 2. The van der Waals surface area contributed by atoms with Gasteiger partial charge in [0.2, 0.25) is 5.91 Å². The Kier molecular flexibility index (Phi) is 7.10. The molecule has 0 fully saturated rings. The van der Waals surface area contributed by atoms with Crippen LogP contribution in [-0.2, 0) is 4.79 Å². The molecule has 2 aromatic rings. The van der Waals surface area contributed by atoms with Gasteiger partial charge >= 0.3 is 12.6 Å². The van der Waals surface area contributed by atoms with E-state index in [1.165, 1.54) is 24.3 Å². The molecule has 144 valence electrons. The van der Waals surface area contributed by atoms with Gasteiger partial charge in [-0.2, -0.15) is 8.78 Å². The van der Waals surface area contributed by atoms with Gasteiger partial charge in [0.1, 0.15) is 11.8 Å². The molecule has 3 amide bonds. The van der Waals surface area contributed by atoms with E-state index >= 15 is 0 Å². The molecule has 2 aromatic carbocycles. The molecule has 2 rings (SSSR count). The van der Waals surface area contributed by atoms with Gasteiger partial charge in [-0.25, -0.2) is 4.79 Å². The maximum absolute atomic E-state index is 12.5. The van der Waals surface area contributed by atoms with Crippen molar-refractivity contribution in [1.29, 1.82) is 0 Å². The largest absolute Gasteiger partial charge is 0.435 e. The van der Waals surface area contributed by atoms with Crippen molar-refractivity contribution >= 4 is 23.3 Å². The number of anilines is 2. The van der Waals surface area contributed by atoms with Crippen LogP contribution in [0.25, 0.3) is 0 Å². The van der Waals surface area contributed by atoms with E-state index in [-0.39, 0.29) is 11.7 Å². The van der Waals surface area contributed by atoms with Crippen LogP contribution >= 0.6 is 0 Å². The van der Waals surface area contributed by atoms with E-state index in [1.807, 2.05) is 6.07 Å². The standard InChI is InChI=1S/C19H21F2N3O3/c1-12(2)16(24-19(26)23-13-6-4-3-5-7-13)17(25)22-14-8-10-15(11-9-14)27-18(20)21/h3-12,16,18H,1-2H3,(H,22,25)(H2,23,24,26). The van der Waals surface area contributed by atoms with Gasteiger partial charge in [0.25, 0.3) is 0 Å². The Morgan fingerprint density at radius 1 is 0.889 bits per heavy atom. The number of alkyl halides is 2. The van der Waals surface area contributed by atoms with Gasteiger partial charge in [0.05, 0.1) is 0 Å². The maximum atomic E-state index is 12.5. The number of carbonyl (C=O) groups excluding carboxylic acids is 2. The Morgan fingerprint density at radius 2 is 1.48 bits per heavy atom. The summed E-state index contributed by atoms with van der Waals surface area (Å²) < 4.78 is 28.6. The highest BCUT2D eigenvalue weighted by molar-refractivity contribution is 5.99. The fraction of sp³-hybridized carbons (Fsp3) is 0.263. The predicted octanol–water partition coefficient (Wildman–Crippen LogP) is 4.07. The third-order valence-electron chi connectivity index (χ3n) is 3.61. The molecule has 3 N–H and O–H groups in total. The molecular formula is C19H21F2N3O3. The number of halogens is 2. The highest BCUT2D eigenvalue weighted by atomic mass is 19.3. The van der Waals surface area contributed by atoms with Crippen LogP contribution in [0.2, 0.25) is 0 Å². The highest BCUT2D eigenvalue weighted by Gasteiger charge is 2.24. The summed E-state index contributed by atoms with van der Waals surface area (Å²) in [5, 5.41) is 7.94. The van der Waals surface area contributed by atoms with Crippen LogP contribution in [0.15, 0.2) is 54.6 Å². The number of ether oxygens (including phenoxy) is 1. The summed E-state index contributed by atoms with van der Waals surface area (Å²) in [6.07, 6.45) is 0. The number of benzene rings is 2. The topological polar surface area (TPSA) is 79.5 Å². The van der Waals surface area contributed by atoms with Gasteiger partial charge in [-0.1, -0.05) is 32.0 Å². The van der Waals surface area contributed by atoms with Crippen LogP contribution in [0, 0.1) is 5.92 Å². The number of urea groups is 1. The minimum atomic E-state index is -2.91. The Bertz CT molecular complexity index is 753. The van der Waals surface area contributed by atoms with Crippen LogP contribution in [0.4, 0.5) is 25.0 Å². The fourth-order valence-corrected chi connectivity index (χ4v) is 2.30. The molecule has 0 aromatic heterocycles. The first-order valence-corrected chi connectivity index (χ1v) is 8.33. The van der Waals surface area contributed by atoms with Crippen LogP contribution in [0.1, 0.15) is 13.8 Å². The number of hydrogen-bond acceptors (Lipinski definition) is 3. The molecule has 0 saturated heterocycles. The monoisotopic (exact) mass is 377 g/mol. The minimum absolute atomic E-state index is 0.0104. The quantitative estimate of drug-likeness (QED) is 0.680. The van der Waals surface area contributed by atoms with Crippen molar-refractivity contribution < 1.29 is 23.1 Å². The Balaban J connectivity index is 1.96. The first-order chi connectivity index (χ1) is 12.8. The Labute approximate surface area is 155 Å². The first-order valence-electron chi connectivity index (χ1n) is 8.33. The molecule has 0 bridgehead atoms. The second kappa shape index (κ2) is 9.51. The van der Waals surface area contributed by atoms with E-state index in [0.29, 0.717) is 11.4 Å². The third kappa shape index (κ3) is 6.58. The zero-order valence-corrected chi connectivity index (χ0v) is 14.9. The lowest BCUT2D eigenvalue weighted by Gasteiger charge is -2.22. The number of rotatable bonds is 7. The van der Waals surface area contributed by atoms with E-state index in [9.17, 15) is 18.4 Å². The van der Waals surface area contributed by atoms with Gasteiger partial charge < -0.3 is 20.7 Å². The molecule has 1 unspecified atom stereocenters. The van der Waals surface area contributed by atoms with Gasteiger partial charge in [0, 0.05) is 11.4 Å². The van der Waals surface area contributed by atoms with Crippen molar-refractivity contribution in [2.75, 3.05) is 10.6 Å². The van der Waals surface area contributed by atoms with Gasteiger partial charge in [-0.15, -0.1) is 0 Å². The lowest BCUT2D eigenvalue weighted by atomic mass is 10.0. The summed E-state index contributed by atoms with van der Waals surface area (Å²) in [4.78, 5) is 24.6. The molecule has 8 heteroatoms. The van der Waals surface area contributed by atoms with Crippen molar-refractivity contribution in [2.24, 2.45) is 5.92 Å². The second-order valence-corrected chi connectivity index (χ2v) is 6.08. The summed E-state index contributed by atoms with van der Waals surface area (Å²) in [5.41, 5.74) is 1.00. The third-order valence-corrected chi connectivity index (χ3v) is 3.61. The van der Waals surface area contributed by atoms with E-state index in [0.717, 1.165) is 0 Å². The van der Waals surface area contributed by atoms with Gasteiger partial charge in [0.15, 0.2) is 0 Å². The molecule has 0 spiro atoms. The molecule has 0 heterocycles. The van der Waals surface area contributed by atoms with Crippen molar-refractivity contribution in [2.45, 2.75) is 26.5 Å². The summed E-state index contributed by atoms with van der Waals surface area (Å²) in [5.74, 6) is -0.604. The van der Waals surface area contributed by atoms with Crippen molar-refractivity contribution in [1.82, 2.24) is 5.32 Å². The smallest absolute Gasteiger partial charge is 0.387 e. The molecule has 0 aliphatic rings. The zero-order valence-electron chi connectivity index (χ0n) is 14.9. The Morgan fingerprint density at radius 3 is 2.04 bits per heavy atom. The average Bonchev–Trinajstić information content (AvgIpc) is 2.61. The molecule has 0 radical (unpaired) electrons. The van der Waals surface area contributed by atoms with Crippen molar-refractivity contribution in [3.63, 3.8) is 0 Å². The van der Waals surface area contributed by atoms with E-state index in [4.69, 9.17) is 0 Å². The van der Waals surface area contributed by atoms with Crippen LogP contribution < -0.4 is 20.7 Å². The van der Waals surface area contributed by atoms with Crippen LogP contribution in [0.3, 0.4) is 0 Å². The number of hydrogen-bond donors (Lipinski definition) is 3.